The molecule has 1 N–H and O–H groups in total. The molecule has 138 valence electrons. The fourth-order valence-electron chi connectivity index (χ4n) is 3.53. The van der Waals surface area contributed by atoms with Gasteiger partial charge in [0.15, 0.2) is 28.9 Å². The maximum atomic E-state index is 12.6. The number of halogens is 1. The number of imidazole rings is 1. The number of nitrogens with one attached hydrogen (secondary N) is 1. The summed E-state index contributed by atoms with van der Waals surface area (Å²) in [4.78, 5) is 25.1. The van der Waals surface area contributed by atoms with Crippen LogP contribution in [0.1, 0.15) is 32.9 Å². The third-order valence-corrected chi connectivity index (χ3v) is 5.08. The first-order valence-corrected chi connectivity index (χ1v) is 8.95. The Morgan fingerprint density at radius 2 is 2.04 bits per heavy atom. The maximum Gasteiger partial charge on any atom is 0.252 e. The van der Waals surface area contributed by atoms with Crippen LogP contribution in [-0.2, 0) is 19.0 Å². The number of aromatic nitrogens is 4. The van der Waals surface area contributed by atoms with Crippen molar-refractivity contribution >= 4 is 28.7 Å². The lowest BCUT2D eigenvalue weighted by Crippen LogP contribution is -2.43. The Labute approximate surface area is 154 Å². The van der Waals surface area contributed by atoms with Gasteiger partial charge >= 0.3 is 0 Å². The molecule has 3 fully saturated rings. The van der Waals surface area contributed by atoms with Crippen molar-refractivity contribution in [2.24, 2.45) is 0 Å². The summed E-state index contributed by atoms with van der Waals surface area (Å²) in [5.74, 6) is -0.984. The van der Waals surface area contributed by atoms with Gasteiger partial charge in [0.1, 0.15) is 24.1 Å². The van der Waals surface area contributed by atoms with Gasteiger partial charge in [-0.1, -0.05) is 11.6 Å². The quantitative estimate of drug-likeness (QED) is 0.799. The van der Waals surface area contributed by atoms with Gasteiger partial charge in [0.05, 0.1) is 6.33 Å². The zero-order valence-corrected chi connectivity index (χ0v) is 15.0. The number of nitrogens with zero attached hydrogens (tertiary/aromatic N) is 4. The van der Waals surface area contributed by atoms with E-state index in [0.717, 1.165) is 12.8 Å². The second kappa shape index (κ2) is 5.59. The largest absolute Gasteiger partial charge is 0.351 e. The average molecular weight is 380 g/mol. The molecule has 26 heavy (non-hydrogen) atoms. The molecular weight excluding hydrogens is 362 g/mol. The summed E-state index contributed by atoms with van der Waals surface area (Å²) in [6.07, 6.45) is 2.59. The molecule has 2 aromatic heterocycles. The summed E-state index contributed by atoms with van der Waals surface area (Å²) in [6.45, 7) is 3.65. The average Bonchev–Trinajstić information content (AvgIpc) is 3.04. The first kappa shape index (κ1) is 16.4. The SMILES string of the molecule is CC1(C)O[C@@H]2[C@H](O1)[C@@H](C(=O)NC1CC1)O[C@H]2n1cnc2c(Cl)ncnc21. The molecule has 0 radical (unpaired) electrons. The van der Waals surface area contributed by atoms with Crippen LogP contribution in [0.25, 0.3) is 11.2 Å². The highest BCUT2D eigenvalue weighted by Gasteiger charge is 2.58. The van der Waals surface area contributed by atoms with Gasteiger partial charge in [-0.25, -0.2) is 15.0 Å². The minimum absolute atomic E-state index is 0.177. The molecule has 0 unspecified atom stereocenters. The summed E-state index contributed by atoms with van der Waals surface area (Å²) in [6, 6.07) is 0.236. The third-order valence-electron chi connectivity index (χ3n) is 4.80. The van der Waals surface area contributed by atoms with Crippen LogP contribution in [0, 0.1) is 0 Å². The summed E-state index contributed by atoms with van der Waals surface area (Å²) < 4.78 is 19.8. The highest BCUT2D eigenvalue weighted by molar-refractivity contribution is 6.33. The molecule has 2 aromatic rings. The molecule has 0 bridgehead atoms. The van der Waals surface area contributed by atoms with Gasteiger partial charge in [-0.15, -0.1) is 0 Å². The fourth-order valence-corrected chi connectivity index (χ4v) is 3.71. The second-order valence-electron chi connectivity index (χ2n) is 7.28. The van der Waals surface area contributed by atoms with Crippen molar-refractivity contribution in [3.05, 3.63) is 17.8 Å². The normalized spacial score (nSPS) is 32.7. The molecule has 0 aromatic carbocycles. The van der Waals surface area contributed by atoms with Gasteiger partial charge < -0.3 is 19.5 Å². The number of carbonyl (C=O) groups excluding carboxylic acids is 1. The van der Waals surface area contributed by atoms with E-state index in [1.165, 1.54) is 6.33 Å². The number of fused-ring (bicyclic) bond motifs is 2. The Morgan fingerprint density at radius 1 is 1.27 bits per heavy atom. The standard InChI is InChI=1S/C16H18ClN5O4/c1-16(2)25-9-10(14(23)21-7-3-4-7)24-15(11(9)26-16)22-6-20-8-12(17)18-5-19-13(8)22/h5-7,9-11,15H,3-4H2,1-2H3,(H,21,23)/t9-,10+,11-,15-/m1/s1. The van der Waals surface area contributed by atoms with E-state index < -0.39 is 30.3 Å². The number of rotatable bonds is 3. The van der Waals surface area contributed by atoms with E-state index in [4.69, 9.17) is 25.8 Å². The van der Waals surface area contributed by atoms with E-state index in [1.54, 1.807) is 10.9 Å². The molecule has 5 rings (SSSR count). The van der Waals surface area contributed by atoms with Gasteiger partial charge in [-0.3, -0.25) is 9.36 Å². The minimum atomic E-state index is -0.807. The topological polar surface area (TPSA) is 100 Å². The van der Waals surface area contributed by atoms with Gasteiger partial charge in [0.25, 0.3) is 5.91 Å². The second-order valence-corrected chi connectivity index (χ2v) is 7.64. The lowest BCUT2D eigenvalue weighted by atomic mass is 10.1. The van der Waals surface area contributed by atoms with Crippen molar-refractivity contribution in [2.75, 3.05) is 0 Å². The Morgan fingerprint density at radius 3 is 2.81 bits per heavy atom. The van der Waals surface area contributed by atoms with Crippen molar-refractivity contribution in [2.45, 2.75) is 63.1 Å². The molecule has 1 amide bonds. The summed E-state index contributed by atoms with van der Waals surface area (Å²) >= 11 is 6.09. The van der Waals surface area contributed by atoms with Crippen molar-refractivity contribution < 1.29 is 19.0 Å². The fraction of sp³-hybridized carbons (Fsp3) is 0.625. The minimum Gasteiger partial charge on any atom is -0.351 e. The Balaban J connectivity index is 1.51. The van der Waals surface area contributed by atoms with Crippen LogP contribution in [0.15, 0.2) is 12.7 Å². The lowest BCUT2D eigenvalue weighted by Gasteiger charge is -2.24. The molecule has 1 aliphatic carbocycles. The molecule has 3 aliphatic rings. The van der Waals surface area contributed by atoms with Crippen LogP contribution >= 0.6 is 11.6 Å². The molecule has 0 spiro atoms. The van der Waals surface area contributed by atoms with Crippen molar-refractivity contribution in [1.29, 1.82) is 0 Å². The first-order chi connectivity index (χ1) is 12.4. The van der Waals surface area contributed by atoms with Crippen LogP contribution in [0.2, 0.25) is 5.15 Å². The number of hydrogen-bond donors (Lipinski definition) is 1. The predicted molar refractivity (Wildman–Crippen MR) is 89.2 cm³/mol. The Hall–Kier alpha value is -1.81. The van der Waals surface area contributed by atoms with Gasteiger partial charge in [0.2, 0.25) is 0 Å². The predicted octanol–water partition coefficient (Wildman–Crippen LogP) is 1.18. The Kier molecular flexibility index (Phi) is 3.52. The van der Waals surface area contributed by atoms with E-state index in [9.17, 15) is 4.79 Å². The number of hydrogen-bond acceptors (Lipinski definition) is 7. The maximum absolute atomic E-state index is 12.6. The molecule has 2 saturated heterocycles. The zero-order valence-electron chi connectivity index (χ0n) is 14.3. The third kappa shape index (κ3) is 2.58. The molecule has 9 nitrogen and oxygen atoms in total. The number of carbonyl (C=O) groups is 1. The zero-order chi connectivity index (χ0) is 18.1. The highest BCUT2D eigenvalue weighted by Crippen LogP contribution is 2.44. The van der Waals surface area contributed by atoms with E-state index in [0.29, 0.717) is 11.2 Å². The van der Waals surface area contributed by atoms with Crippen molar-refractivity contribution in [3.8, 4) is 0 Å². The summed E-state index contributed by atoms with van der Waals surface area (Å²) in [7, 11) is 0. The van der Waals surface area contributed by atoms with E-state index in [1.807, 2.05) is 13.8 Å². The van der Waals surface area contributed by atoms with Crippen molar-refractivity contribution in [3.63, 3.8) is 0 Å². The van der Waals surface area contributed by atoms with Crippen LogP contribution < -0.4 is 5.32 Å². The highest BCUT2D eigenvalue weighted by atomic mass is 35.5. The monoisotopic (exact) mass is 379 g/mol. The van der Waals surface area contributed by atoms with E-state index >= 15 is 0 Å². The van der Waals surface area contributed by atoms with E-state index in [-0.39, 0.29) is 17.1 Å². The van der Waals surface area contributed by atoms with Gasteiger partial charge in [-0.2, -0.15) is 0 Å². The molecule has 4 heterocycles. The van der Waals surface area contributed by atoms with E-state index in [2.05, 4.69) is 20.3 Å². The first-order valence-electron chi connectivity index (χ1n) is 8.57. The summed E-state index contributed by atoms with van der Waals surface area (Å²) in [5, 5.41) is 3.24. The number of ether oxygens (including phenoxy) is 3. The van der Waals surface area contributed by atoms with Crippen LogP contribution in [0.4, 0.5) is 0 Å². The molecule has 2 aliphatic heterocycles. The Bertz CT molecular complexity index is 883. The van der Waals surface area contributed by atoms with Gasteiger partial charge in [0, 0.05) is 6.04 Å². The van der Waals surface area contributed by atoms with Crippen LogP contribution in [0.3, 0.4) is 0 Å². The van der Waals surface area contributed by atoms with Gasteiger partial charge in [-0.05, 0) is 26.7 Å². The molecule has 4 atom stereocenters. The molecular formula is C16H18ClN5O4. The smallest absolute Gasteiger partial charge is 0.252 e. The van der Waals surface area contributed by atoms with Crippen molar-refractivity contribution in [1.82, 2.24) is 24.8 Å². The summed E-state index contributed by atoms with van der Waals surface area (Å²) in [5.41, 5.74) is 0.990. The number of amides is 1. The molecule has 1 saturated carbocycles. The lowest BCUT2D eigenvalue weighted by molar-refractivity contribution is -0.197. The van der Waals surface area contributed by atoms with Crippen LogP contribution in [-0.4, -0.2) is 55.6 Å². The molecule has 10 heteroatoms. The van der Waals surface area contributed by atoms with Crippen LogP contribution in [0.5, 0.6) is 0 Å².